The molecule has 0 saturated carbocycles. The maximum Gasteiger partial charge on any atom is 0.325 e. The number of amides is 4. The van der Waals surface area contributed by atoms with E-state index in [0.29, 0.717) is 4.90 Å². The van der Waals surface area contributed by atoms with E-state index in [1.807, 2.05) is 32.0 Å². The minimum atomic E-state index is -1.80. The van der Waals surface area contributed by atoms with Gasteiger partial charge in [0.05, 0.1) is 6.04 Å². The summed E-state index contributed by atoms with van der Waals surface area (Å²) in [5.41, 5.74) is 0.988. The number of halogens is 2. The van der Waals surface area contributed by atoms with Crippen molar-refractivity contribution >= 4 is 17.8 Å². The second-order valence-electron chi connectivity index (χ2n) is 7.70. The Kier molecular flexibility index (Phi) is 5.61. The Bertz CT molecular complexity index is 1040. The van der Waals surface area contributed by atoms with Crippen molar-refractivity contribution in [2.24, 2.45) is 0 Å². The van der Waals surface area contributed by atoms with Gasteiger partial charge in [0.25, 0.3) is 5.91 Å². The number of hydrogen-bond donors (Lipinski definition) is 2. The first-order valence-electron chi connectivity index (χ1n) is 9.49. The summed E-state index contributed by atoms with van der Waals surface area (Å²) in [7, 11) is 0. The van der Waals surface area contributed by atoms with Crippen molar-refractivity contribution in [1.29, 1.82) is 0 Å². The van der Waals surface area contributed by atoms with E-state index in [1.165, 1.54) is 6.92 Å². The van der Waals surface area contributed by atoms with Crippen LogP contribution in [0.5, 0.6) is 0 Å². The van der Waals surface area contributed by atoms with Gasteiger partial charge in [0.2, 0.25) is 5.91 Å². The molecule has 3 rings (SSSR count). The molecule has 2 aromatic carbocycles. The SMILES string of the molecule is Cc1ccc([C@@H](C)NC(=O)CN2C(=O)N[C@@](C)(c3cc(F)ccc3F)C2=O)cc1C. The number of aryl methyl sites for hydroxylation is 2. The lowest BCUT2D eigenvalue weighted by Gasteiger charge is -2.23. The second-order valence-corrected chi connectivity index (χ2v) is 7.70. The van der Waals surface area contributed by atoms with Crippen molar-refractivity contribution in [3.05, 3.63) is 70.3 Å². The third kappa shape index (κ3) is 3.90. The van der Waals surface area contributed by atoms with Gasteiger partial charge in [0.15, 0.2) is 0 Å². The minimum absolute atomic E-state index is 0.299. The van der Waals surface area contributed by atoms with Crippen molar-refractivity contribution in [2.75, 3.05) is 6.54 Å². The smallest absolute Gasteiger partial charge is 0.325 e. The van der Waals surface area contributed by atoms with E-state index in [4.69, 9.17) is 0 Å². The highest BCUT2D eigenvalue weighted by Gasteiger charge is 2.50. The van der Waals surface area contributed by atoms with Gasteiger partial charge in [-0.25, -0.2) is 13.6 Å². The summed E-state index contributed by atoms with van der Waals surface area (Å²) in [6, 6.07) is 7.27. The number of rotatable bonds is 5. The van der Waals surface area contributed by atoms with Gasteiger partial charge in [0, 0.05) is 5.56 Å². The van der Waals surface area contributed by atoms with Crippen LogP contribution in [-0.4, -0.2) is 29.3 Å². The monoisotopic (exact) mass is 415 g/mol. The molecular formula is C22H23F2N3O3. The molecule has 8 heteroatoms. The molecule has 4 amide bonds. The number of imide groups is 1. The van der Waals surface area contributed by atoms with Crippen LogP contribution >= 0.6 is 0 Å². The lowest BCUT2D eigenvalue weighted by atomic mass is 9.91. The largest absolute Gasteiger partial charge is 0.348 e. The van der Waals surface area contributed by atoms with Gasteiger partial charge in [-0.2, -0.15) is 0 Å². The van der Waals surface area contributed by atoms with E-state index in [-0.39, 0.29) is 11.6 Å². The summed E-state index contributed by atoms with van der Waals surface area (Å²) in [4.78, 5) is 38.4. The van der Waals surface area contributed by atoms with Crippen LogP contribution in [0.25, 0.3) is 0 Å². The quantitative estimate of drug-likeness (QED) is 0.736. The van der Waals surface area contributed by atoms with Crippen molar-refractivity contribution < 1.29 is 23.2 Å². The Balaban J connectivity index is 1.74. The molecule has 0 aliphatic carbocycles. The van der Waals surface area contributed by atoms with Crippen LogP contribution in [0.4, 0.5) is 13.6 Å². The van der Waals surface area contributed by atoms with E-state index < -0.39 is 41.6 Å². The van der Waals surface area contributed by atoms with Gasteiger partial charge in [-0.1, -0.05) is 18.2 Å². The maximum atomic E-state index is 14.2. The zero-order valence-corrected chi connectivity index (χ0v) is 17.2. The zero-order chi connectivity index (χ0) is 22.2. The Labute approximate surface area is 173 Å². The van der Waals surface area contributed by atoms with Crippen LogP contribution < -0.4 is 10.6 Å². The van der Waals surface area contributed by atoms with Crippen molar-refractivity contribution in [3.63, 3.8) is 0 Å². The highest BCUT2D eigenvalue weighted by Crippen LogP contribution is 2.31. The molecule has 1 fully saturated rings. The Hall–Kier alpha value is -3.29. The first kappa shape index (κ1) is 21.4. The highest BCUT2D eigenvalue weighted by atomic mass is 19.1. The van der Waals surface area contributed by atoms with Gasteiger partial charge in [-0.15, -0.1) is 0 Å². The molecule has 2 aromatic rings. The van der Waals surface area contributed by atoms with Crippen LogP contribution in [0.15, 0.2) is 36.4 Å². The molecule has 30 heavy (non-hydrogen) atoms. The zero-order valence-electron chi connectivity index (χ0n) is 17.2. The number of carbonyl (C=O) groups is 3. The summed E-state index contributed by atoms with van der Waals surface area (Å²) < 4.78 is 27.8. The van der Waals surface area contributed by atoms with Crippen molar-refractivity contribution in [2.45, 2.75) is 39.3 Å². The molecule has 0 aromatic heterocycles. The van der Waals surface area contributed by atoms with Gasteiger partial charge >= 0.3 is 6.03 Å². The molecule has 6 nitrogen and oxygen atoms in total. The number of nitrogens with one attached hydrogen (secondary N) is 2. The predicted octanol–water partition coefficient (Wildman–Crippen LogP) is 3.23. The summed E-state index contributed by atoms with van der Waals surface area (Å²) in [6.07, 6.45) is 0. The first-order valence-corrected chi connectivity index (χ1v) is 9.49. The minimum Gasteiger partial charge on any atom is -0.348 e. The van der Waals surface area contributed by atoms with Crippen LogP contribution in [0.3, 0.4) is 0 Å². The number of nitrogens with zero attached hydrogens (tertiary/aromatic N) is 1. The van der Waals surface area contributed by atoms with E-state index >= 15 is 0 Å². The fourth-order valence-corrected chi connectivity index (χ4v) is 3.45. The number of hydrogen-bond acceptors (Lipinski definition) is 3. The maximum absolute atomic E-state index is 14.2. The molecule has 2 atom stereocenters. The van der Waals surface area contributed by atoms with E-state index in [0.717, 1.165) is 34.9 Å². The topological polar surface area (TPSA) is 78.5 Å². The van der Waals surface area contributed by atoms with Crippen LogP contribution in [-0.2, 0) is 15.1 Å². The van der Waals surface area contributed by atoms with E-state index in [2.05, 4.69) is 10.6 Å². The highest BCUT2D eigenvalue weighted by molar-refractivity contribution is 6.09. The van der Waals surface area contributed by atoms with Crippen LogP contribution in [0, 0.1) is 25.5 Å². The molecule has 1 saturated heterocycles. The van der Waals surface area contributed by atoms with Crippen LogP contribution in [0.2, 0.25) is 0 Å². The molecule has 0 spiro atoms. The standard InChI is InChI=1S/C22H23F2N3O3/c1-12-5-6-15(9-13(12)2)14(3)25-19(28)11-27-20(29)22(4,26-21(27)30)17-10-16(23)7-8-18(17)24/h5-10,14H,11H2,1-4H3,(H,25,28)(H,26,30)/t14-,22+/m1/s1. The molecular weight excluding hydrogens is 392 g/mol. The lowest BCUT2D eigenvalue weighted by Crippen LogP contribution is -2.44. The molecule has 1 aliphatic heterocycles. The number of urea groups is 1. The fraction of sp³-hybridized carbons (Fsp3) is 0.318. The molecule has 1 aliphatic rings. The van der Waals surface area contributed by atoms with Crippen LogP contribution in [0.1, 0.15) is 42.1 Å². The normalized spacial score (nSPS) is 19.6. The molecule has 0 radical (unpaired) electrons. The lowest BCUT2D eigenvalue weighted by molar-refractivity contribution is -0.135. The number of benzene rings is 2. The Morgan fingerprint density at radius 1 is 1.13 bits per heavy atom. The predicted molar refractivity (Wildman–Crippen MR) is 106 cm³/mol. The van der Waals surface area contributed by atoms with Gasteiger partial charge < -0.3 is 10.6 Å². The third-order valence-electron chi connectivity index (χ3n) is 5.45. The van der Waals surface area contributed by atoms with Crippen molar-refractivity contribution in [1.82, 2.24) is 15.5 Å². The van der Waals surface area contributed by atoms with Crippen molar-refractivity contribution in [3.8, 4) is 0 Å². The summed E-state index contributed by atoms with van der Waals surface area (Å²) in [6.45, 7) is 6.48. The molecule has 1 heterocycles. The molecule has 0 bridgehead atoms. The van der Waals surface area contributed by atoms with E-state index in [9.17, 15) is 23.2 Å². The van der Waals surface area contributed by atoms with Gasteiger partial charge in [0.1, 0.15) is 23.7 Å². The second kappa shape index (κ2) is 7.85. The molecule has 0 unspecified atom stereocenters. The number of carbonyl (C=O) groups excluding carboxylic acids is 3. The Morgan fingerprint density at radius 3 is 2.50 bits per heavy atom. The Morgan fingerprint density at radius 2 is 1.83 bits per heavy atom. The fourth-order valence-electron chi connectivity index (χ4n) is 3.45. The average Bonchev–Trinajstić information content (AvgIpc) is 2.89. The molecule has 2 N–H and O–H groups in total. The van der Waals surface area contributed by atoms with E-state index in [1.54, 1.807) is 6.92 Å². The van der Waals surface area contributed by atoms with Gasteiger partial charge in [-0.3, -0.25) is 14.5 Å². The first-order chi connectivity index (χ1) is 14.0. The average molecular weight is 415 g/mol. The third-order valence-corrected chi connectivity index (χ3v) is 5.45. The molecule has 158 valence electrons. The summed E-state index contributed by atoms with van der Waals surface area (Å²) in [5, 5.41) is 5.12. The van der Waals surface area contributed by atoms with Gasteiger partial charge in [-0.05, 0) is 62.6 Å². The summed E-state index contributed by atoms with van der Waals surface area (Å²) in [5.74, 6) is -2.95. The summed E-state index contributed by atoms with van der Waals surface area (Å²) >= 11 is 0.